The lowest BCUT2D eigenvalue weighted by atomic mass is 9.87. The van der Waals surface area contributed by atoms with Crippen LogP contribution in [0.1, 0.15) is 80.1 Å². The highest BCUT2D eigenvalue weighted by atomic mass is 127. The van der Waals surface area contributed by atoms with Crippen LogP contribution < -0.4 is 4.74 Å². The van der Waals surface area contributed by atoms with Gasteiger partial charge in [0.1, 0.15) is 17.1 Å². The van der Waals surface area contributed by atoms with Crippen LogP contribution in [0.4, 0.5) is 4.79 Å². The molecule has 3 saturated carbocycles. The molecule has 9 nitrogen and oxygen atoms in total. The number of carboxylic acid groups (broad SMARTS) is 1. The van der Waals surface area contributed by atoms with E-state index in [1.165, 1.54) is 0 Å². The lowest BCUT2D eigenvalue weighted by Crippen LogP contribution is -2.36. The van der Waals surface area contributed by atoms with Gasteiger partial charge in [0.25, 0.3) is 0 Å². The van der Waals surface area contributed by atoms with Gasteiger partial charge in [-0.2, -0.15) is 0 Å². The second kappa shape index (κ2) is 10.9. The first-order valence-electron chi connectivity index (χ1n) is 12.9. The first-order chi connectivity index (χ1) is 17.4. The van der Waals surface area contributed by atoms with Crippen LogP contribution in [0.3, 0.4) is 0 Å². The van der Waals surface area contributed by atoms with Gasteiger partial charge in [0.15, 0.2) is 4.11 Å². The van der Waals surface area contributed by atoms with Crippen molar-refractivity contribution in [2.45, 2.75) is 86.5 Å². The Labute approximate surface area is 224 Å². The van der Waals surface area contributed by atoms with Crippen LogP contribution in [0.5, 0.6) is 5.75 Å². The molecule has 0 unspecified atom stereocenters. The molecule has 3 atom stereocenters. The van der Waals surface area contributed by atoms with Crippen molar-refractivity contribution in [1.82, 2.24) is 19.9 Å². The molecule has 3 aliphatic rings. The Bertz CT molecular complexity index is 1080. The van der Waals surface area contributed by atoms with E-state index >= 15 is 0 Å². The molecule has 0 radical (unpaired) electrons. The standard InChI is InChI=1S/C26H33IN4O5/c1-30(18-6-2-3-7-18)26(34)36-24(27)23-22(28-29-31(23)19-11-12-19)16-9-13-20(14-10-16)35-21-8-4-5-17(15-21)25(32)33/h9-10,13-14,17-19,21,24H,2-8,11-12,15H2,1H3,(H,32,33)/t17-,21-,24+/m0/s1. The van der Waals surface area contributed by atoms with Gasteiger partial charge in [0, 0.05) is 18.7 Å². The van der Waals surface area contributed by atoms with Gasteiger partial charge >= 0.3 is 12.1 Å². The predicted octanol–water partition coefficient (Wildman–Crippen LogP) is 5.75. The van der Waals surface area contributed by atoms with Crippen molar-refractivity contribution in [2.75, 3.05) is 7.05 Å². The van der Waals surface area contributed by atoms with Crippen LogP contribution in [-0.4, -0.2) is 56.3 Å². The van der Waals surface area contributed by atoms with Crippen molar-refractivity contribution in [3.63, 3.8) is 0 Å². The van der Waals surface area contributed by atoms with E-state index in [9.17, 15) is 14.7 Å². The number of carbonyl (C=O) groups is 2. The monoisotopic (exact) mass is 608 g/mol. The molecule has 5 rings (SSSR count). The third-order valence-electron chi connectivity index (χ3n) is 7.61. The molecule has 3 aliphatic carbocycles. The number of aliphatic carboxylic acids is 1. The first kappa shape index (κ1) is 25.3. The number of carboxylic acids is 1. The van der Waals surface area contributed by atoms with Gasteiger partial charge in [-0.05, 0) is 98.2 Å². The van der Waals surface area contributed by atoms with Crippen LogP contribution in [0, 0.1) is 5.92 Å². The first-order valence-corrected chi connectivity index (χ1v) is 14.2. The summed E-state index contributed by atoms with van der Waals surface area (Å²) in [5.74, 6) is -0.367. The molecule has 10 heteroatoms. The summed E-state index contributed by atoms with van der Waals surface area (Å²) in [6, 6.07) is 8.19. The van der Waals surface area contributed by atoms with Crippen LogP contribution in [0.2, 0.25) is 0 Å². The van der Waals surface area contributed by atoms with Gasteiger partial charge < -0.3 is 19.5 Å². The van der Waals surface area contributed by atoms with E-state index in [1.807, 2.05) is 36.0 Å². The number of hydrogen-bond donors (Lipinski definition) is 1. The topological polar surface area (TPSA) is 107 Å². The molecule has 1 aromatic heterocycles. The molecule has 1 heterocycles. The third kappa shape index (κ3) is 5.63. The number of amides is 1. The van der Waals surface area contributed by atoms with Crippen LogP contribution in [0.25, 0.3) is 11.3 Å². The minimum absolute atomic E-state index is 0.0907. The zero-order valence-corrected chi connectivity index (χ0v) is 22.7. The van der Waals surface area contributed by atoms with E-state index in [1.54, 1.807) is 4.90 Å². The number of hydrogen-bond acceptors (Lipinski definition) is 6. The van der Waals surface area contributed by atoms with E-state index < -0.39 is 10.1 Å². The average Bonchev–Trinajstić information content (AvgIpc) is 3.38. The lowest BCUT2D eigenvalue weighted by molar-refractivity contribution is -0.143. The molecule has 0 spiro atoms. The molecule has 3 fully saturated rings. The number of nitrogens with zero attached hydrogens (tertiary/aromatic N) is 4. The average molecular weight is 608 g/mol. The summed E-state index contributed by atoms with van der Waals surface area (Å²) in [7, 11) is 1.82. The smallest absolute Gasteiger partial charge is 0.411 e. The molecule has 2 aromatic rings. The van der Waals surface area contributed by atoms with Crippen LogP contribution >= 0.6 is 22.6 Å². The Balaban J connectivity index is 1.30. The summed E-state index contributed by atoms with van der Waals surface area (Å²) in [6.07, 6.45) is 9.01. The Morgan fingerprint density at radius 3 is 2.47 bits per heavy atom. The van der Waals surface area contributed by atoms with Gasteiger partial charge in [-0.3, -0.25) is 4.79 Å². The second-order valence-electron chi connectivity index (χ2n) is 10.2. The van der Waals surface area contributed by atoms with Crippen LogP contribution in [0.15, 0.2) is 24.3 Å². The zero-order valence-electron chi connectivity index (χ0n) is 20.5. The summed E-state index contributed by atoms with van der Waals surface area (Å²) in [5.41, 5.74) is 2.38. The largest absolute Gasteiger partial charge is 0.490 e. The Morgan fingerprint density at radius 2 is 1.81 bits per heavy atom. The van der Waals surface area contributed by atoms with Crippen molar-refractivity contribution in [1.29, 1.82) is 0 Å². The number of ether oxygens (including phenoxy) is 2. The normalized spacial score (nSPS) is 23.3. The fourth-order valence-electron chi connectivity index (χ4n) is 5.33. The molecule has 0 bridgehead atoms. The maximum atomic E-state index is 12.9. The molecular weight excluding hydrogens is 575 g/mol. The molecule has 0 aliphatic heterocycles. The molecule has 36 heavy (non-hydrogen) atoms. The number of carbonyl (C=O) groups excluding carboxylic acids is 1. The number of benzene rings is 1. The highest BCUT2D eigenvalue weighted by Gasteiger charge is 2.35. The number of aromatic nitrogens is 3. The predicted molar refractivity (Wildman–Crippen MR) is 141 cm³/mol. The quantitative estimate of drug-likeness (QED) is 0.301. The molecule has 0 saturated heterocycles. The summed E-state index contributed by atoms with van der Waals surface area (Å²) in [4.78, 5) is 26.0. The van der Waals surface area contributed by atoms with Gasteiger partial charge in [-0.15, -0.1) is 5.10 Å². The summed E-state index contributed by atoms with van der Waals surface area (Å²) < 4.78 is 13.4. The van der Waals surface area contributed by atoms with Gasteiger partial charge in [0.05, 0.1) is 18.1 Å². The maximum absolute atomic E-state index is 12.9. The third-order valence-corrected chi connectivity index (χ3v) is 8.45. The lowest BCUT2D eigenvalue weighted by Gasteiger charge is -2.27. The summed E-state index contributed by atoms with van der Waals surface area (Å²) in [5, 5.41) is 18.2. The maximum Gasteiger partial charge on any atom is 0.411 e. The van der Waals surface area contributed by atoms with E-state index in [2.05, 4.69) is 32.9 Å². The van der Waals surface area contributed by atoms with E-state index in [0.717, 1.165) is 62.6 Å². The number of alkyl halides is 1. The minimum Gasteiger partial charge on any atom is -0.490 e. The van der Waals surface area contributed by atoms with E-state index in [4.69, 9.17) is 9.47 Å². The summed E-state index contributed by atoms with van der Waals surface area (Å²) >= 11 is 2.16. The molecule has 194 valence electrons. The van der Waals surface area contributed by atoms with Gasteiger partial charge in [-0.1, -0.05) is 18.1 Å². The van der Waals surface area contributed by atoms with Crippen molar-refractivity contribution in [2.24, 2.45) is 5.92 Å². The van der Waals surface area contributed by atoms with Crippen molar-refractivity contribution in [3.8, 4) is 17.0 Å². The van der Waals surface area contributed by atoms with Gasteiger partial charge in [0.2, 0.25) is 0 Å². The fourth-order valence-corrected chi connectivity index (χ4v) is 6.13. The highest BCUT2D eigenvalue weighted by molar-refractivity contribution is 14.1. The second-order valence-corrected chi connectivity index (χ2v) is 11.3. The Morgan fingerprint density at radius 1 is 1.08 bits per heavy atom. The SMILES string of the molecule is CN(C(=O)O[C@@H](I)c1c(-c2ccc(O[C@H]3CCC[C@H](C(=O)O)C3)cc2)nnn1C1CC1)C1CCCC1. The highest BCUT2D eigenvalue weighted by Crippen LogP contribution is 2.42. The van der Waals surface area contributed by atoms with E-state index in [0.29, 0.717) is 30.3 Å². The van der Waals surface area contributed by atoms with E-state index in [-0.39, 0.29) is 24.2 Å². The fraction of sp³-hybridized carbons (Fsp3) is 0.615. The zero-order chi connectivity index (χ0) is 25.2. The Kier molecular flexibility index (Phi) is 7.68. The molecule has 1 N–H and O–H groups in total. The Hall–Kier alpha value is -2.37. The van der Waals surface area contributed by atoms with Gasteiger partial charge in [-0.25, -0.2) is 9.48 Å². The minimum atomic E-state index is -0.742. The van der Waals surface area contributed by atoms with Crippen molar-refractivity contribution >= 4 is 34.7 Å². The van der Waals surface area contributed by atoms with Crippen molar-refractivity contribution in [3.05, 3.63) is 30.0 Å². The number of rotatable bonds is 8. The molecule has 1 aromatic carbocycles. The number of halogens is 1. The van der Waals surface area contributed by atoms with Crippen LogP contribution in [-0.2, 0) is 9.53 Å². The van der Waals surface area contributed by atoms with Crippen molar-refractivity contribution < 1.29 is 24.2 Å². The molecular formula is C26H33IN4O5. The summed E-state index contributed by atoms with van der Waals surface area (Å²) in [6.45, 7) is 0. The molecule has 1 amide bonds.